The van der Waals surface area contributed by atoms with Gasteiger partial charge in [0.2, 0.25) is 0 Å². The predicted octanol–water partition coefficient (Wildman–Crippen LogP) is 3.88. The van der Waals surface area contributed by atoms with Crippen molar-refractivity contribution in [3.8, 4) is 11.5 Å². The number of piperazine rings is 1. The molecule has 5 rings (SSSR count). The number of ether oxygens (including phenoxy) is 2. The van der Waals surface area contributed by atoms with E-state index in [0.717, 1.165) is 81.4 Å². The Morgan fingerprint density at radius 3 is 2.45 bits per heavy atom. The minimum absolute atomic E-state index is 0.177. The molecule has 2 fully saturated rings. The Bertz CT molecular complexity index is 960. The Morgan fingerprint density at radius 2 is 1.61 bits per heavy atom. The van der Waals surface area contributed by atoms with E-state index in [1.165, 1.54) is 12.0 Å². The molecule has 0 N–H and O–H groups in total. The number of benzene rings is 2. The predicted molar refractivity (Wildman–Crippen MR) is 121 cm³/mol. The highest BCUT2D eigenvalue weighted by Gasteiger charge is 2.23. The Labute approximate surface area is 183 Å². The quantitative estimate of drug-likeness (QED) is 0.753. The molecule has 0 saturated carbocycles. The fourth-order valence-corrected chi connectivity index (χ4v) is 4.65. The van der Waals surface area contributed by atoms with Crippen molar-refractivity contribution in [3.63, 3.8) is 0 Å². The van der Waals surface area contributed by atoms with Gasteiger partial charge in [-0.3, -0.25) is 9.69 Å². The molecule has 2 saturated heterocycles. The molecule has 0 bridgehead atoms. The third kappa shape index (κ3) is 4.39. The summed E-state index contributed by atoms with van der Waals surface area (Å²) >= 11 is 0. The first-order valence-electron chi connectivity index (χ1n) is 11.2. The van der Waals surface area contributed by atoms with Gasteiger partial charge in [0.05, 0.1) is 5.69 Å². The summed E-state index contributed by atoms with van der Waals surface area (Å²) in [5.74, 6) is 1.73. The lowest BCUT2D eigenvalue weighted by Gasteiger charge is -2.37. The Balaban J connectivity index is 1.20. The number of rotatable bonds is 4. The van der Waals surface area contributed by atoms with Crippen molar-refractivity contribution < 1.29 is 14.3 Å². The van der Waals surface area contributed by atoms with E-state index in [0.29, 0.717) is 0 Å². The number of hydrogen-bond acceptors (Lipinski definition) is 5. The van der Waals surface area contributed by atoms with Crippen LogP contribution < -0.4 is 14.4 Å². The van der Waals surface area contributed by atoms with Gasteiger partial charge in [-0.2, -0.15) is 0 Å². The number of anilines is 1. The van der Waals surface area contributed by atoms with Crippen LogP contribution in [0.1, 0.15) is 35.2 Å². The Kier molecular flexibility index (Phi) is 5.80. The molecular weight excluding hydrogens is 390 g/mol. The molecule has 0 unspecified atom stereocenters. The van der Waals surface area contributed by atoms with Gasteiger partial charge >= 0.3 is 0 Å². The zero-order valence-corrected chi connectivity index (χ0v) is 17.8. The summed E-state index contributed by atoms with van der Waals surface area (Å²) in [4.78, 5) is 19.7. The van der Waals surface area contributed by atoms with E-state index in [4.69, 9.17) is 9.47 Å². The largest absolute Gasteiger partial charge is 0.458 e. The number of para-hydroxylation sites is 1. The lowest BCUT2D eigenvalue weighted by molar-refractivity contribution is 0.0724. The van der Waals surface area contributed by atoms with E-state index in [1.54, 1.807) is 12.5 Å². The molecule has 0 aromatic heterocycles. The van der Waals surface area contributed by atoms with Crippen LogP contribution in [0, 0.1) is 0 Å². The summed E-state index contributed by atoms with van der Waals surface area (Å²) in [5.41, 5.74) is 3.10. The van der Waals surface area contributed by atoms with Crippen molar-refractivity contribution in [3.05, 3.63) is 66.1 Å². The maximum atomic E-state index is 12.8. The summed E-state index contributed by atoms with van der Waals surface area (Å²) in [7, 11) is 0. The van der Waals surface area contributed by atoms with Crippen LogP contribution >= 0.6 is 0 Å². The van der Waals surface area contributed by atoms with Gasteiger partial charge in [-0.05, 0) is 49.1 Å². The van der Waals surface area contributed by atoms with Crippen molar-refractivity contribution in [2.45, 2.75) is 25.8 Å². The van der Waals surface area contributed by atoms with Gasteiger partial charge in [-0.15, -0.1) is 0 Å². The summed E-state index contributed by atoms with van der Waals surface area (Å²) in [6.45, 7) is 6.42. The van der Waals surface area contributed by atoms with Crippen LogP contribution in [0.25, 0.3) is 0 Å². The van der Waals surface area contributed by atoms with E-state index in [1.807, 2.05) is 29.2 Å². The van der Waals surface area contributed by atoms with E-state index in [2.05, 4.69) is 28.0 Å². The van der Waals surface area contributed by atoms with Gasteiger partial charge in [0.15, 0.2) is 11.5 Å². The monoisotopic (exact) mass is 419 g/mol. The van der Waals surface area contributed by atoms with Crippen molar-refractivity contribution in [2.75, 3.05) is 44.2 Å². The van der Waals surface area contributed by atoms with Crippen LogP contribution in [0.2, 0.25) is 0 Å². The first-order valence-corrected chi connectivity index (χ1v) is 11.2. The van der Waals surface area contributed by atoms with E-state index < -0.39 is 0 Å². The average molecular weight is 420 g/mol. The Morgan fingerprint density at radius 1 is 0.839 bits per heavy atom. The van der Waals surface area contributed by atoms with Gasteiger partial charge < -0.3 is 19.3 Å². The fraction of sp³-hybridized carbons (Fsp3) is 0.400. The number of carbonyl (C=O) groups is 1. The van der Waals surface area contributed by atoms with Gasteiger partial charge in [0, 0.05) is 51.4 Å². The molecule has 0 atom stereocenters. The van der Waals surface area contributed by atoms with E-state index in [9.17, 15) is 4.79 Å². The van der Waals surface area contributed by atoms with Gasteiger partial charge in [-0.25, -0.2) is 0 Å². The summed E-state index contributed by atoms with van der Waals surface area (Å²) in [6.07, 6.45) is 6.62. The molecule has 2 aromatic carbocycles. The highest BCUT2D eigenvalue weighted by atomic mass is 16.5. The molecule has 0 radical (unpaired) electrons. The van der Waals surface area contributed by atoms with E-state index >= 15 is 0 Å². The maximum absolute atomic E-state index is 12.8. The summed E-state index contributed by atoms with van der Waals surface area (Å²) in [6, 6.07) is 14.2. The minimum Gasteiger partial charge on any atom is -0.458 e. The molecule has 162 valence electrons. The van der Waals surface area contributed by atoms with Crippen LogP contribution in [-0.2, 0) is 6.54 Å². The third-order valence-corrected chi connectivity index (χ3v) is 6.33. The minimum atomic E-state index is 0.177. The standard InChI is InChI=1S/C25H29N3O3/c29-25(28-10-2-1-3-11-28)21-7-4-6-20(18-21)19-26-12-14-27(15-13-26)22-8-5-9-23-24(22)31-17-16-30-23/h4-9,16-18H,1-3,10-15,19H2. The van der Waals surface area contributed by atoms with Gasteiger partial charge in [-0.1, -0.05) is 18.2 Å². The van der Waals surface area contributed by atoms with Gasteiger partial charge in [0.1, 0.15) is 12.5 Å². The second-order valence-electron chi connectivity index (χ2n) is 8.43. The summed E-state index contributed by atoms with van der Waals surface area (Å²) in [5, 5.41) is 0. The van der Waals surface area contributed by atoms with Crippen LogP contribution in [-0.4, -0.2) is 55.0 Å². The molecule has 0 spiro atoms. The summed E-state index contributed by atoms with van der Waals surface area (Å²) < 4.78 is 11.3. The van der Waals surface area contributed by atoms with Crippen LogP contribution in [0.5, 0.6) is 11.5 Å². The van der Waals surface area contributed by atoms with Crippen LogP contribution in [0.3, 0.4) is 0 Å². The molecule has 1 amide bonds. The number of piperidine rings is 1. The number of amides is 1. The van der Waals surface area contributed by atoms with Crippen LogP contribution in [0.4, 0.5) is 5.69 Å². The van der Waals surface area contributed by atoms with Gasteiger partial charge in [0.25, 0.3) is 5.91 Å². The van der Waals surface area contributed by atoms with Crippen molar-refractivity contribution in [1.29, 1.82) is 0 Å². The van der Waals surface area contributed by atoms with E-state index in [-0.39, 0.29) is 5.91 Å². The molecule has 31 heavy (non-hydrogen) atoms. The number of hydrogen-bond donors (Lipinski definition) is 0. The van der Waals surface area contributed by atoms with Crippen LogP contribution in [0.15, 0.2) is 55.0 Å². The molecule has 6 heteroatoms. The molecule has 2 aromatic rings. The molecular formula is C25H29N3O3. The fourth-order valence-electron chi connectivity index (χ4n) is 4.65. The third-order valence-electron chi connectivity index (χ3n) is 6.33. The molecule has 3 aliphatic heterocycles. The van der Waals surface area contributed by atoms with Crippen molar-refractivity contribution >= 4 is 11.6 Å². The smallest absolute Gasteiger partial charge is 0.253 e. The van der Waals surface area contributed by atoms with Crippen molar-refractivity contribution in [1.82, 2.24) is 9.80 Å². The second-order valence-corrected chi connectivity index (χ2v) is 8.43. The molecule has 3 heterocycles. The highest BCUT2D eigenvalue weighted by molar-refractivity contribution is 5.94. The molecule has 3 aliphatic rings. The average Bonchev–Trinajstić information content (AvgIpc) is 2.84. The zero-order valence-electron chi connectivity index (χ0n) is 17.8. The van der Waals surface area contributed by atoms with Crippen molar-refractivity contribution in [2.24, 2.45) is 0 Å². The number of nitrogens with zero attached hydrogens (tertiary/aromatic N) is 3. The number of likely N-dealkylation sites (tertiary alicyclic amines) is 1. The Hall–Kier alpha value is -2.99. The topological polar surface area (TPSA) is 45.3 Å². The first kappa shape index (κ1) is 19.9. The maximum Gasteiger partial charge on any atom is 0.253 e. The zero-order chi connectivity index (χ0) is 21.0. The number of carbonyl (C=O) groups excluding carboxylic acids is 1. The number of fused-ring (bicyclic) bond motifs is 1. The molecule has 6 nitrogen and oxygen atoms in total. The molecule has 0 aliphatic carbocycles. The second kappa shape index (κ2) is 9.02. The normalized spacial score (nSPS) is 18.8. The lowest BCUT2D eigenvalue weighted by atomic mass is 10.1. The lowest BCUT2D eigenvalue weighted by Crippen LogP contribution is -2.46. The highest BCUT2D eigenvalue weighted by Crippen LogP contribution is 2.40. The SMILES string of the molecule is O=C(c1cccc(CN2CCN(c3cccc4c3OC=CO4)CC2)c1)N1CCCCC1. The first-order chi connectivity index (χ1) is 15.3.